The lowest BCUT2D eigenvalue weighted by atomic mass is 10.1. The third-order valence-electron chi connectivity index (χ3n) is 5.43. The van der Waals surface area contributed by atoms with Crippen molar-refractivity contribution >= 4 is 45.2 Å². The van der Waals surface area contributed by atoms with Crippen LogP contribution in [0.2, 0.25) is 5.02 Å². The van der Waals surface area contributed by atoms with Crippen molar-refractivity contribution in [2.45, 2.75) is 6.92 Å². The largest absolute Gasteiger partial charge is 0.433 e. The summed E-state index contributed by atoms with van der Waals surface area (Å²) in [7, 11) is 0. The third kappa shape index (κ3) is 3.42. The van der Waals surface area contributed by atoms with Gasteiger partial charge < -0.3 is 14.2 Å². The number of rotatable bonds is 2. The van der Waals surface area contributed by atoms with Gasteiger partial charge in [0, 0.05) is 47.7 Å². The minimum Gasteiger partial charge on any atom is -0.433 e. The number of aromatic nitrogens is 1. The smallest absolute Gasteiger partial charge is 0.289 e. The number of halogens is 1. The standard InChI is InChI=1S/C23H20ClN3O2/c1-15-2-3-16-13-17-14-21(29-22(17)25-20(16)12-15)23(28)27-10-8-26(9-11-27)19-6-4-18(24)5-7-19/h2-7,12-14H,8-11H2,1H3. The van der Waals surface area contributed by atoms with Gasteiger partial charge in [0.2, 0.25) is 5.71 Å². The quantitative estimate of drug-likeness (QED) is 0.475. The molecule has 0 atom stereocenters. The van der Waals surface area contributed by atoms with E-state index in [9.17, 15) is 4.79 Å². The zero-order valence-electron chi connectivity index (χ0n) is 16.1. The van der Waals surface area contributed by atoms with Gasteiger partial charge in [-0.3, -0.25) is 4.79 Å². The average Bonchev–Trinajstić information content (AvgIpc) is 3.15. The van der Waals surface area contributed by atoms with Gasteiger partial charge in [0.1, 0.15) is 0 Å². The number of anilines is 1. The summed E-state index contributed by atoms with van der Waals surface area (Å²) in [6.07, 6.45) is 0. The van der Waals surface area contributed by atoms with Gasteiger partial charge in [-0.15, -0.1) is 0 Å². The molecule has 0 unspecified atom stereocenters. The van der Waals surface area contributed by atoms with E-state index in [1.165, 1.54) is 0 Å². The second kappa shape index (κ2) is 7.08. The van der Waals surface area contributed by atoms with E-state index in [-0.39, 0.29) is 5.91 Å². The van der Waals surface area contributed by atoms with Crippen LogP contribution in [0.1, 0.15) is 16.1 Å². The fourth-order valence-corrected chi connectivity index (χ4v) is 3.94. The molecule has 1 aliphatic heterocycles. The highest BCUT2D eigenvalue weighted by molar-refractivity contribution is 6.30. The SMILES string of the molecule is Cc1ccc2cc3cc(C(=O)N4CCN(c5ccc(Cl)cc5)CC4)oc3nc2c1. The molecule has 1 saturated heterocycles. The topological polar surface area (TPSA) is 49.6 Å². The van der Waals surface area contributed by atoms with Crippen LogP contribution in [-0.2, 0) is 0 Å². The monoisotopic (exact) mass is 405 g/mol. The molecule has 2 aromatic heterocycles. The van der Waals surface area contributed by atoms with E-state index in [1.54, 1.807) is 6.07 Å². The predicted octanol–water partition coefficient (Wildman–Crippen LogP) is 4.91. The molecule has 5 rings (SSSR count). The molecule has 4 aromatic rings. The van der Waals surface area contributed by atoms with Crippen molar-refractivity contribution in [1.29, 1.82) is 0 Å². The van der Waals surface area contributed by atoms with Crippen LogP contribution in [0.25, 0.3) is 22.0 Å². The fraction of sp³-hybridized carbons (Fsp3) is 0.217. The van der Waals surface area contributed by atoms with E-state index in [4.69, 9.17) is 16.0 Å². The van der Waals surface area contributed by atoms with Crippen molar-refractivity contribution < 1.29 is 9.21 Å². The highest BCUT2D eigenvalue weighted by Crippen LogP contribution is 2.25. The van der Waals surface area contributed by atoms with Crippen LogP contribution in [0.4, 0.5) is 5.69 Å². The Hall–Kier alpha value is -3.05. The van der Waals surface area contributed by atoms with Crippen LogP contribution >= 0.6 is 11.6 Å². The second-order valence-electron chi connectivity index (χ2n) is 7.45. The molecular weight excluding hydrogens is 386 g/mol. The van der Waals surface area contributed by atoms with Gasteiger partial charge in [-0.2, -0.15) is 0 Å². The number of amides is 1. The van der Waals surface area contributed by atoms with Crippen molar-refractivity contribution in [1.82, 2.24) is 9.88 Å². The van der Waals surface area contributed by atoms with E-state index < -0.39 is 0 Å². The molecule has 0 spiro atoms. The molecule has 1 amide bonds. The van der Waals surface area contributed by atoms with Crippen molar-refractivity contribution in [3.8, 4) is 0 Å². The predicted molar refractivity (Wildman–Crippen MR) is 116 cm³/mol. The Morgan fingerprint density at radius 3 is 2.48 bits per heavy atom. The first-order valence-electron chi connectivity index (χ1n) is 9.67. The van der Waals surface area contributed by atoms with E-state index in [0.29, 0.717) is 24.6 Å². The summed E-state index contributed by atoms with van der Waals surface area (Å²) in [4.78, 5) is 21.7. The highest BCUT2D eigenvalue weighted by Gasteiger charge is 2.25. The lowest BCUT2D eigenvalue weighted by Crippen LogP contribution is -2.48. The van der Waals surface area contributed by atoms with Crippen LogP contribution in [0.5, 0.6) is 0 Å². The zero-order valence-corrected chi connectivity index (χ0v) is 16.8. The maximum absolute atomic E-state index is 13.0. The number of hydrogen-bond donors (Lipinski definition) is 0. The first kappa shape index (κ1) is 18.0. The number of benzene rings is 2. The summed E-state index contributed by atoms with van der Waals surface area (Å²) >= 11 is 5.97. The minimum absolute atomic E-state index is 0.0843. The number of hydrogen-bond acceptors (Lipinski definition) is 4. The summed E-state index contributed by atoms with van der Waals surface area (Å²) in [5.41, 5.74) is 3.65. The number of fused-ring (bicyclic) bond motifs is 2. The number of piperazine rings is 1. The van der Waals surface area contributed by atoms with Gasteiger partial charge in [0.25, 0.3) is 5.91 Å². The van der Waals surface area contributed by atoms with Crippen molar-refractivity contribution in [2.24, 2.45) is 0 Å². The Bertz CT molecular complexity index is 1210. The molecule has 1 aliphatic rings. The first-order valence-corrected chi connectivity index (χ1v) is 10.1. The third-order valence-corrected chi connectivity index (χ3v) is 5.68. The van der Waals surface area contributed by atoms with E-state index in [1.807, 2.05) is 54.3 Å². The zero-order chi connectivity index (χ0) is 20.0. The molecule has 5 nitrogen and oxygen atoms in total. The number of aryl methyl sites for hydroxylation is 1. The van der Waals surface area contributed by atoms with Gasteiger partial charge >= 0.3 is 0 Å². The Labute approximate surface area is 173 Å². The van der Waals surface area contributed by atoms with E-state index >= 15 is 0 Å². The van der Waals surface area contributed by atoms with Crippen LogP contribution in [0.3, 0.4) is 0 Å². The van der Waals surface area contributed by atoms with Crippen LogP contribution in [0.15, 0.2) is 59.0 Å². The van der Waals surface area contributed by atoms with E-state index in [2.05, 4.69) is 16.0 Å². The highest BCUT2D eigenvalue weighted by atomic mass is 35.5. The van der Waals surface area contributed by atoms with Gasteiger partial charge in [0.15, 0.2) is 5.76 Å². The van der Waals surface area contributed by atoms with Crippen LogP contribution < -0.4 is 4.90 Å². The molecule has 0 N–H and O–H groups in total. The number of carbonyl (C=O) groups excluding carboxylic acids is 1. The summed E-state index contributed by atoms with van der Waals surface area (Å²) in [6.45, 7) is 4.87. The summed E-state index contributed by atoms with van der Waals surface area (Å²) in [6, 6.07) is 17.8. The number of nitrogens with zero attached hydrogens (tertiary/aromatic N) is 3. The molecule has 3 heterocycles. The van der Waals surface area contributed by atoms with E-state index in [0.717, 1.165) is 45.7 Å². The molecular formula is C23H20ClN3O2. The van der Waals surface area contributed by atoms with Crippen LogP contribution in [0, 0.1) is 6.92 Å². The van der Waals surface area contributed by atoms with Crippen molar-refractivity contribution in [3.63, 3.8) is 0 Å². The van der Waals surface area contributed by atoms with Gasteiger partial charge in [-0.25, -0.2) is 4.98 Å². The van der Waals surface area contributed by atoms with Gasteiger partial charge in [0.05, 0.1) is 5.52 Å². The summed E-state index contributed by atoms with van der Waals surface area (Å²) in [5, 5.41) is 2.62. The Kier molecular flexibility index (Phi) is 4.40. The maximum atomic E-state index is 13.0. The lowest BCUT2D eigenvalue weighted by Gasteiger charge is -2.35. The van der Waals surface area contributed by atoms with Crippen molar-refractivity contribution in [2.75, 3.05) is 31.1 Å². The molecule has 1 fully saturated rings. The normalized spacial score (nSPS) is 14.7. The first-order chi connectivity index (χ1) is 14.1. The Morgan fingerprint density at radius 1 is 0.966 bits per heavy atom. The second-order valence-corrected chi connectivity index (χ2v) is 7.88. The Morgan fingerprint density at radius 2 is 1.72 bits per heavy atom. The molecule has 2 aromatic carbocycles. The summed E-state index contributed by atoms with van der Waals surface area (Å²) in [5.74, 6) is 0.262. The molecule has 0 bridgehead atoms. The van der Waals surface area contributed by atoms with Gasteiger partial charge in [-0.05, 0) is 55.0 Å². The molecule has 0 radical (unpaired) electrons. The number of carbonyl (C=O) groups is 1. The summed E-state index contributed by atoms with van der Waals surface area (Å²) < 4.78 is 5.83. The minimum atomic E-state index is -0.0843. The Balaban J connectivity index is 1.34. The fourth-order valence-electron chi connectivity index (χ4n) is 3.82. The maximum Gasteiger partial charge on any atom is 0.289 e. The number of pyridine rings is 1. The van der Waals surface area contributed by atoms with Crippen LogP contribution in [-0.4, -0.2) is 42.0 Å². The molecule has 0 aliphatic carbocycles. The molecule has 6 heteroatoms. The number of furan rings is 1. The van der Waals surface area contributed by atoms with Crippen molar-refractivity contribution in [3.05, 3.63) is 70.9 Å². The molecule has 29 heavy (non-hydrogen) atoms. The molecule has 146 valence electrons. The van der Waals surface area contributed by atoms with Gasteiger partial charge in [-0.1, -0.05) is 23.7 Å². The average molecular weight is 406 g/mol. The molecule has 0 saturated carbocycles. The lowest BCUT2D eigenvalue weighted by molar-refractivity contribution is 0.0717.